The van der Waals surface area contributed by atoms with Gasteiger partial charge in [-0.3, -0.25) is 14.6 Å². The highest BCUT2D eigenvalue weighted by Crippen LogP contribution is 2.24. The van der Waals surface area contributed by atoms with Crippen molar-refractivity contribution in [2.24, 2.45) is 0 Å². The van der Waals surface area contributed by atoms with E-state index in [-0.39, 0.29) is 11.9 Å². The zero-order valence-electron chi connectivity index (χ0n) is 15.8. The van der Waals surface area contributed by atoms with Crippen LogP contribution in [0.4, 0.5) is 0 Å². The second kappa shape index (κ2) is 8.81. The van der Waals surface area contributed by atoms with Crippen LogP contribution < -0.4 is 5.32 Å². The van der Waals surface area contributed by atoms with Gasteiger partial charge in [-0.05, 0) is 31.2 Å². The molecule has 1 heterocycles. The fourth-order valence-corrected chi connectivity index (χ4v) is 4.23. The van der Waals surface area contributed by atoms with E-state index in [4.69, 9.17) is 0 Å². The zero-order chi connectivity index (χ0) is 17.6. The van der Waals surface area contributed by atoms with E-state index >= 15 is 0 Å². The lowest BCUT2D eigenvalue weighted by atomic mass is 10.0. The standard InChI is InChI=1S/C21H33N3O/c1-17(19-8-4-3-5-9-19)16-22-21(25)18(2)23-12-14-24(15-13-23)20-10-6-7-11-20/h3-5,8-9,17-18,20H,6-7,10-16H2,1-2H3,(H,22,25). The van der Waals surface area contributed by atoms with Crippen molar-refractivity contribution >= 4 is 5.91 Å². The Morgan fingerprint density at radius 3 is 2.36 bits per heavy atom. The van der Waals surface area contributed by atoms with Gasteiger partial charge in [0.1, 0.15) is 0 Å². The summed E-state index contributed by atoms with van der Waals surface area (Å²) in [6.45, 7) is 9.17. The lowest BCUT2D eigenvalue weighted by Gasteiger charge is -2.40. The molecule has 4 nitrogen and oxygen atoms in total. The summed E-state index contributed by atoms with van der Waals surface area (Å²) in [5, 5.41) is 3.15. The van der Waals surface area contributed by atoms with Crippen LogP contribution in [0, 0.1) is 0 Å². The minimum absolute atomic E-state index is 0.0336. The van der Waals surface area contributed by atoms with E-state index in [1.807, 2.05) is 13.0 Å². The smallest absolute Gasteiger partial charge is 0.237 e. The maximum atomic E-state index is 12.5. The van der Waals surface area contributed by atoms with E-state index in [0.717, 1.165) is 32.2 Å². The largest absolute Gasteiger partial charge is 0.354 e. The van der Waals surface area contributed by atoms with Gasteiger partial charge in [0.15, 0.2) is 0 Å². The van der Waals surface area contributed by atoms with Gasteiger partial charge in [0.25, 0.3) is 0 Å². The van der Waals surface area contributed by atoms with Crippen LogP contribution in [0.5, 0.6) is 0 Å². The second-order valence-corrected chi connectivity index (χ2v) is 7.74. The molecule has 2 atom stereocenters. The van der Waals surface area contributed by atoms with Crippen LogP contribution in [0.15, 0.2) is 30.3 Å². The van der Waals surface area contributed by atoms with Crippen molar-refractivity contribution in [1.82, 2.24) is 15.1 Å². The molecular weight excluding hydrogens is 310 g/mol. The van der Waals surface area contributed by atoms with Crippen LogP contribution in [-0.2, 0) is 4.79 Å². The Kier molecular flexibility index (Phi) is 6.49. The third kappa shape index (κ3) is 4.83. The van der Waals surface area contributed by atoms with Gasteiger partial charge in [0.2, 0.25) is 5.91 Å². The van der Waals surface area contributed by atoms with Gasteiger partial charge in [-0.15, -0.1) is 0 Å². The number of carbonyl (C=O) groups excluding carboxylic acids is 1. The van der Waals surface area contributed by atoms with Crippen molar-refractivity contribution in [1.29, 1.82) is 0 Å². The Balaban J connectivity index is 1.42. The lowest BCUT2D eigenvalue weighted by molar-refractivity contribution is -0.126. The number of hydrogen-bond acceptors (Lipinski definition) is 3. The molecule has 1 saturated heterocycles. The molecule has 1 aromatic carbocycles. The van der Waals surface area contributed by atoms with Gasteiger partial charge in [-0.2, -0.15) is 0 Å². The first-order chi connectivity index (χ1) is 12.1. The summed E-state index contributed by atoms with van der Waals surface area (Å²) in [6, 6.07) is 11.2. The molecule has 1 N–H and O–H groups in total. The average Bonchev–Trinajstić information content (AvgIpc) is 3.21. The number of amides is 1. The quantitative estimate of drug-likeness (QED) is 0.863. The molecule has 2 aliphatic rings. The van der Waals surface area contributed by atoms with Gasteiger partial charge in [-0.25, -0.2) is 0 Å². The van der Waals surface area contributed by atoms with Crippen LogP contribution in [0.2, 0.25) is 0 Å². The molecule has 4 heteroatoms. The molecule has 1 amide bonds. The van der Waals surface area contributed by atoms with E-state index in [1.54, 1.807) is 0 Å². The van der Waals surface area contributed by atoms with E-state index in [1.165, 1.54) is 31.2 Å². The Hall–Kier alpha value is -1.39. The Bertz CT molecular complexity index is 533. The van der Waals surface area contributed by atoms with Crippen molar-refractivity contribution in [3.05, 3.63) is 35.9 Å². The van der Waals surface area contributed by atoms with Crippen molar-refractivity contribution in [2.45, 2.75) is 57.5 Å². The minimum Gasteiger partial charge on any atom is -0.354 e. The Morgan fingerprint density at radius 1 is 1.08 bits per heavy atom. The van der Waals surface area contributed by atoms with E-state index in [9.17, 15) is 4.79 Å². The molecule has 1 aliphatic carbocycles. The fraction of sp³-hybridized carbons (Fsp3) is 0.667. The highest BCUT2D eigenvalue weighted by molar-refractivity contribution is 5.81. The third-order valence-electron chi connectivity index (χ3n) is 6.07. The predicted molar refractivity (Wildman–Crippen MR) is 103 cm³/mol. The molecule has 138 valence electrons. The second-order valence-electron chi connectivity index (χ2n) is 7.74. The Morgan fingerprint density at radius 2 is 1.72 bits per heavy atom. The van der Waals surface area contributed by atoms with Gasteiger partial charge in [0, 0.05) is 38.8 Å². The maximum absolute atomic E-state index is 12.5. The summed E-state index contributed by atoms with van der Waals surface area (Å²) >= 11 is 0. The van der Waals surface area contributed by atoms with Gasteiger partial charge < -0.3 is 5.32 Å². The van der Waals surface area contributed by atoms with E-state index in [0.29, 0.717) is 12.5 Å². The molecule has 1 saturated carbocycles. The van der Waals surface area contributed by atoms with Gasteiger partial charge in [0.05, 0.1) is 6.04 Å². The fourth-order valence-electron chi connectivity index (χ4n) is 4.23. The van der Waals surface area contributed by atoms with Crippen molar-refractivity contribution in [3.63, 3.8) is 0 Å². The average molecular weight is 344 g/mol. The number of nitrogens with zero attached hydrogens (tertiary/aromatic N) is 2. The first-order valence-electron chi connectivity index (χ1n) is 9.96. The van der Waals surface area contributed by atoms with E-state index in [2.05, 4.69) is 46.3 Å². The number of hydrogen-bond donors (Lipinski definition) is 1. The molecule has 0 spiro atoms. The maximum Gasteiger partial charge on any atom is 0.237 e. The number of piperazine rings is 1. The summed E-state index contributed by atoms with van der Waals surface area (Å²) in [6.07, 6.45) is 5.52. The van der Waals surface area contributed by atoms with Crippen LogP contribution in [0.3, 0.4) is 0 Å². The summed E-state index contributed by atoms with van der Waals surface area (Å²) in [5.41, 5.74) is 1.28. The molecule has 2 unspecified atom stereocenters. The van der Waals surface area contributed by atoms with Crippen molar-refractivity contribution in [3.8, 4) is 0 Å². The van der Waals surface area contributed by atoms with Crippen molar-refractivity contribution in [2.75, 3.05) is 32.7 Å². The molecule has 3 rings (SSSR count). The molecule has 0 radical (unpaired) electrons. The molecule has 0 bridgehead atoms. The molecule has 0 aromatic heterocycles. The van der Waals surface area contributed by atoms with Crippen LogP contribution in [0.25, 0.3) is 0 Å². The summed E-state index contributed by atoms with van der Waals surface area (Å²) < 4.78 is 0. The van der Waals surface area contributed by atoms with Crippen LogP contribution in [0.1, 0.15) is 51.0 Å². The summed E-state index contributed by atoms with van der Waals surface area (Å²) in [7, 11) is 0. The van der Waals surface area contributed by atoms with Gasteiger partial charge >= 0.3 is 0 Å². The summed E-state index contributed by atoms with van der Waals surface area (Å²) in [5.74, 6) is 0.508. The van der Waals surface area contributed by atoms with Gasteiger partial charge in [-0.1, -0.05) is 50.1 Å². The number of benzene rings is 1. The number of rotatable bonds is 6. The third-order valence-corrected chi connectivity index (χ3v) is 6.07. The number of carbonyl (C=O) groups is 1. The van der Waals surface area contributed by atoms with Crippen molar-refractivity contribution < 1.29 is 4.79 Å². The van der Waals surface area contributed by atoms with Crippen LogP contribution in [-0.4, -0.2) is 60.5 Å². The highest BCUT2D eigenvalue weighted by atomic mass is 16.2. The predicted octanol–water partition coefficient (Wildman–Crippen LogP) is 2.86. The molecular formula is C21H33N3O. The minimum atomic E-state index is -0.0336. The first kappa shape index (κ1) is 18.4. The summed E-state index contributed by atoms with van der Waals surface area (Å²) in [4.78, 5) is 17.5. The molecule has 1 aliphatic heterocycles. The SMILES string of the molecule is CC(CNC(=O)C(C)N1CCN(C2CCCC2)CC1)c1ccccc1. The first-order valence-corrected chi connectivity index (χ1v) is 9.96. The molecule has 1 aromatic rings. The lowest BCUT2D eigenvalue weighted by Crippen LogP contribution is -2.55. The highest BCUT2D eigenvalue weighted by Gasteiger charge is 2.29. The zero-order valence-corrected chi connectivity index (χ0v) is 15.8. The Labute approximate surface area is 152 Å². The number of nitrogens with one attached hydrogen (secondary N) is 1. The monoisotopic (exact) mass is 343 g/mol. The molecule has 25 heavy (non-hydrogen) atoms. The normalized spacial score (nSPS) is 22.6. The van der Waals surface area contributed by atoms with Crippen LogP contribution >= 0.6 is 0 Å². The topological polar surface area (TPSA) is 35.6 Å². The molecule has 2 fully saturated rings. The van der Waals surface area contributed by atoms with E-state index < -0.39 is 0 Å².